The van der Waals surface area contributed by atoms with Crippen LogP contribution in [0.15, 0.2) is 70.6 Å². The molecule has 0 bridgehead atoms. The third-order valence-electron chi connectivity index (χ3n) is 5.00. The number of rotatable bonds is 6. The summed E-state index contributed by atoms with van der Waals surface area (Å²) in [6, 6.07) is 18.8. The van der Waals surface area contributed by atoms with E-state index < -0.39 is 11.8 Å². The minimum Gasteiger partial charge on any atom is -0.493 e. The van der Waals surface area contributed by atoms with Crippen LogP contribution in [0.5, 0.6) is 11.5 Å². The first kappa shape index (κ1) is 25.3. The number of amidine groups is 1. The lowest BCUT2D eigenvalue weighted by Gasteiger charge is -2.14. The number of halogens is 2. The number of amides is 2. The second-order valence-electron chi connectivity index (χ2n) is 7.39. The van der Waals surface area contributed by atoms with Crippen LogP contribution in [-0.4, -0.2) is 24.1 Å². The predicted molar refractivity (Wildman–Crippen MR) is 140 cm³/mol. The Labute approximate surface area is 221 Å². The maximum absolute atomic E-state index is 12.5. The van der Waals surface area contributed by atoms with Crippen molar-refractivity contribution in [1.82, 2.24) is 5.32 Å². The van der Waals surface area contributed by atoms with Crippen molar-refractivity contribution in [3.8, 4) is 17.6 Å². The molecular weight excluding hydrogens is 521 g/mol. The van der Waals surface area contributed by atoms with Crippen LogP contribution in [0.2, 0.25) is 10.0 Å². The molecule has 0 spiro atoms. The maximum atomic E-state index is 12.5. The molecule has 0 unspecified atom stereocenters. The number of hydrogen-bond acceptors (Lipinski definition) is 6. The molecule has 0 aromatic heterocycles. The number of hydrogen-bond donors (Lipinski definition) is 1. The Kier molecular flexibility index (Phi) is 7.96. The van der Waals surface area contributed by atoms with E-state index in [0.717, 1.165) is 11.8 Å². The van der Waals surface area contributed by atoms with Gasteiger partial charge in [0.25, 0.3) is 11.8 Å². The summed E-state index contributed by atoms with van der Waals surface area (Å²) in [6.07, 6.45) is 1.61. The smallest absolute Gasteiger partial charge is 0.279 e. The van der Waals surface area contributed by atoms with Gasteiger partial charge < -0.3 is 14.8 Å². The van der Waals surface area contributed by atoms with Crippen LogP contribution in [-0.2, 0) is 11.4 Å². The molecule has 0 radical (unpaired) electrons. The van der Waals surface area contributed by atoms with Crippen molar-refractivity contribution in [3.63, 3.8) is 0 Å². The molecule has 0 atom stereocenters. The lowest BCUT2D eigenvalue weighted by Crippen LogP contribution is -2.20. The Bertz CT molecular complexity index is 1450. The molecule has 1 fully saturated rings. The fraction of sp³-hybridized carbons (Fsp3) is 0.0769. The number of nitrogens with zero attached hydrogens (tertiary/aromatic N) is 2. The van der Waals surface area contributed by atoms with Crippen molar-refractivity contribution in [2.45, 2.75) is 6.61 Å². The van der Waals surface area contributed by atoms with E-state index in [9.17, 15) is 14.9 Å². The van der Waals surface area contributed by atoms with Crippen molar-refractivity contribution in [3.05, 3.63) is 97.9 Å². The number of thioether (sulfide) groups is 1. The second-order valence-corrected chi connectivity index (χ2v) is 9.26. The summed E-state index contributed by atoms with van der Waals surface area (Å²) in [7, 11) is 1.48. The van der Waals surface area contributed by atoms with Crippen molar-refractivity contribution in [2.75, 3.05) is 7.11 Å². The monoisotopic (exact) mass is 537 g/mol. The van der Waals surface area contributed by atoms with Crippen LogP contribution in [0.3, 0.4) is 0 Å². The highest BCUT2D eigenvalue weighted by Gasteiger charge is 2.25. The van der Waals surface area contributed by atoms with Crippen molar-refractivity contribution < 1.29 is 19.1 Å². The molecule has 1 heterocycles. The first-order chi connectivity index (χ1) is 17.4. The van der Waals surface area contributed by atoms with E-state index in [0.29, 0.717) is 43.7 Å². The Morgan fingerprint density at radius 3 is 2.64 bits per heavy atom. The van der Waals surface area contributed by atoms with Gasteiger partial charge in [-0.25, -0.2) is 0 Å². The molecule has 0 saturated carbocycles. The van der Waals surface area contributed by atoms with E-state index in [1.165, 1.54) is 7.11 Å². The highest BCUT2D eigenvalue weighted by Crippen LogP contribution is 2.38. The molecular formula is C26H17Cl2N3O4S. The molecule has 1 N–H and O–H groups in total. The molecule has 10 heteroatoms. The lowest BCUT2D eigenvalue weighted by molar-refractivity contribution is -0.115. The van der Waals surface area contributed by atoms with Gasteiger partial charge in [-0.2, -0.15) is 10.3 Å². The van der Waals surface area contributed by atoms with E-state index in [2.05, 4.69) is 16.4 Å². The van der Waals surface area contributed by atoms with E-state index in [4.69, 9.17) is 32.7 Å². The highest BCUT2D eigenvalue weighted by molar-refractivity contribution is 8.18. The zero-order valence-corrected chi connectivity index (χ0v) is 21.1. The molecule has 180 valence electrons. The molecule has 1 aliphatic heterocycles. The second kappa shape index (κ2) is 11.3. The molecule has 1 saturated heterocycles. The molecule has 3 aromatic rings. The van der Waals surface area contributed by atoms with Gasteiger partial charge in [0.05, 0.1) is 28.7 Å². The van der Waals surface area contributed by atoms with E-state index in [1.54, 1.807) is 60.7 Å². The number of benzene rings is 3. The first-order valence-electron chi connectivity index (χ1n) is 10.5. The third kappa shape index (κ3) is 5.89. The summed E-state index contributed by atoms with van der Waals surface area (Å²) in [6.45, 7) is 0.125. The van der Waals surface area contributed by atoms with E-state index >= 15 is 0 Å². The fourth-order valence-electron chi connectivity index (χ4n) is 3.25. The predicted octanol–water partition coefficient (Wildman–Crippen LogP) is 5.85. The average Bonchev–Trinajstić information content (AvgIpc) is 3.21. The van der Waals surface area contributed by atoms with Crippen LogP contribution in [0.25, 0.3) is 6.08 Å². The summed E-state index contributed by atoms with van der Waals surface area (Å²) >= 11 is 13.3. The molecule has 4 rings (SSSR count). The normalized spacial score (nSPS) is 15.0. The minimum atomic E-state index is -0.500. The SMILES string of the molecule is COc1cc(/C=C2\SC(=NC(=O)c3ccc(Cl)cc3)NC2=O)cc(Cl)c1OCc1ccccc1C#N. The molecule has 7 nitrogen and oxygen atoms in total. The van der Waals surface area contributed by atoms with Crippen LogP contribution < -0.4 is 14.8 Å². The Morgan fingerprint density at radius 2 is 1.92 bits per heavy atom. The Morgan fingerprint density at radius 1 is 1.17 bits per heavy atom. The zero-order chi connectivity index (χ0) is 25.7. The van der Waals surface area contributed by atoms with Crippen molar-refractivity contribution in [1.29, 1.82) is 5.26 Å². The number of methoxy groups -OCH3 is 1. The maximum Gasteiger partial charge on any atom is 0.279 e. The summed E-state index contributed by atoms with van der Waals surface area (Å²) in [4.78, 5) is 29.1. The zero-order valence-electron chi connectivity index (χ0n) is 18.7. The quantitative estimate of drug-likeness (QED) is 0.395. The summed E-state index contributed by atoms with van der Waals surface area (Å²) in [5.74, 6) is -0.224. The van der Waals surface area contributed by atoms with E-state index in [1.807, 2.05) is 6.07 Å². The largest absolute Gasteiger partial charge is 0.493 e. The number of carbonyl (C=O) groups is 2. The first-order valence-corrected chi connectivity index (χ1v) is 12.0. The standard InChI is InChI=1S/C26H17Cl2N3O4S/c1-34-21-11-15(10-20(28)23(21)35-14-18-5-3-2-4-17(18)13-29)12-22-25(33)31-26(36-22)30-24(32)16-6-8-19(27)9-7-16/h2-12H,14H2,1H3,(H,30,31,32,33)/b22-12-. The number of nitrogens with one attached hydrogen (secondary N) is 1. The van der Waals surface area contributed by atoms with Gasteiger partial charge in [0.1, 0.15) is 6.61 Å². The van der Waals surface area contributed by atoms with Gasteiger partial charge in [-0.05, 0) is 65.9 Å². The topological polar surface area (TPSA) is 101 Å². The summed E-state index contributed by atoms with van der Waals surface area (Å²) < 4.78 is 11.3. The molecule has 3 aromatic carbocycles. The average molecular weight is 538 g/mol. The number of ether oxygens (including phenoxy) is 2. The number of nitriles is 1. The van der Waals surface area contributed by atoms with Gasteiger partial charge >= 0.3 is 0 Å². The summed E-state index contributed by atoms with van der Waals surface area (Å²) in [5, 5.41) is 12.8. The molecule has 2 amide bonds. The Hall–Kier alpha value is -3.77. The lowest BCUT2D eigenvalue weighted by atomic mass is 10.1. The summed E-state index contributed by atoms with van der Waals surface area (Å²) in [5.41, 5.74) is 2.15. The molecule has 1 aliphatic rings. The van der Waals surface area contributed by atoms with Crippen molar-refractivity contribution in [2.24, 2.45) is 4.99 Å². The Balaban J connectivity index is 1.52. The third-order valence-corrected chi connectivity index (χ3v) is 6.45. The van der Waals surface area contributed by atoms with Gasteiger partial charge in [-0.15, -0.1) is 0 Å². The fourth-order valence-corrected chi connectivity index (χ4v) is 4.47. The van der Waals surface area contributed by atoms with Gasteiger partial charge in [-0.1, -0.05) is 41.4 Å². The number of aliphatic imine (C=N–C) groups is 1. The van der Waals surface area contributed by atoms with Crippen LogP contribution in [0.4, 0.5) is 0 Å². The van der Waals surface area contributed by atoms with E-state index in [-0.39, 0.29) is 16.8 Å². The van der Waals surface area contributed by atoms with Crippen LogP contribution in [0.1, 0.15) is 27.0 Å². The van der Waals surface area contributed by atoms with Gasteiger partial charge in [0.15, 0.2) is 16.7 Å². The molecule has 36 heavy (non-hydrogen) atoms. The molecule has 0 aliphatic carbocycles. The van der Waals surface area contributed by atoms with Crippen LogP contribution >= 0.6 is 35.0 Å². The minimum absolute atomic E-state index is 0.125. The van der Waals surface area contributed by atoms with Crippen molar-refractivity contribution >= 4 is 58.0 Å². The van der Waals surface area contributed by atoms with Gasteiger partial charge in [0.2, 0.25) is 0 Å². The van der Waals surface area contributed by atoms with Crippen LogP contribution in [0, 0.1) is 11.3 Å². The highest BCUT2D eigenvalue weighted by atomic mass is 35.5. The number of carbonyl (C=O) groups excluding carboxylic acids is 2. The van der Waals surface area contributed by atoms with Gasteiger partial charge in [-0.3, -0.25) is 9.59 Å². The van der Waals surface area contributed by atoms with Gasteiger partial charge in [0, 0.05) is 16.1 Å².